The zero-order valence-electron chi connectivity index (χ0n) is 16.8. The normalized spacial score (nSPS) is 11.5. The number of hydrogen-bond donors (Lipinski definition) is 2. The highest BCUT2D eigenvalue weighted by atomic mass is 32.2. The van der Waals surface area contributed by atoms with Crippen LogP contribution in [0.2, 0.25) is 0 Å². The summed E-state index contributed by atoms with van der Waals surface area (Å²) in [5, 5.41) is 16.0. The molecule has 0 aliphatic rings. The maximum absolute atomic E-state index is 12.6. The molecule has 10 nitrogen and oxygen atoms in total. The molecule has 0 aliphatic heterocycles. The van der Waals surface area contributed by atoms with E-state index in [2.05, 4.69) is 30.3 Å². The second-order valence-corrected chi connectivity index (χ2v) is 8.35. The van der Waals surface area contributed by atoms with Gasteiger partial charge in [-0.1, -0.05) is 12.1 Å². The Labute approximate surface area is 179 Å². The van der Waals surface area contributed by atoms with Crippen LogP contribution in [0.25, 0.3) is 5.65 Å². The van der Waals surface area contributed by atoms with E-state index in [-0.39, 0.29) is 17.2 Å². The first-order valence-electron chi connectivity index (χ1n) is 9.53. The van der Waals surface area contributed by atoms with Crippen LogP contribution >= 0.6 is 0 Å². The van der Waals surface area contributed by atoms with E-state index in [1.165, 1.54) is 13.2 Å². The van der Waals surface area contributed by atoms with E-state index >= 15 is 0 Å². The van der Waals surface area contributed by atoms with Crippen molar-refractivity contribution in [3.8, 4) is 5.75 Å². The molecule has 11 heteroatoms. The molecule has 0 amide bonds. The third-order valence-electron chi connectivity index (χ3n) is 4.55. The van der Waals surface area contributed by atoms with Crippen molar-refractivity contribution in [2.24, 2.45) is 0 Å². The average molecular weight is 440 g/mol. The number of nitrogens with one attached hydrogen (secondary N) is 2. The van der Waals surface area contributed by atoms with Gasteiger partial charge in [0.2, 0.25) is 10.0 Å². The van der Waals surface area contributed by atoms with Gasteiger partial charge in [-0.05, 0) is 42.0 Å². The molecule has 0 spiro atoms. The summed E-state index contributed by atoms with van der Waals surface area (Å²) in [5.41, 5.74) is 1.66. The summed E-state index contributed by atoms with van der Waals surface area (Å²) >= 11 is 0. The smallest absolute Gasteiger partial charge is 0.244 e. The Morgan fingerprint density at radius 1 is 1.03 bits per heavy atom. The molecule has 0 saturated carbocycles. The number of nitrogens with zero attached hydrogens (tertiary/aromatic N) is 5. The van der Waals surface area contributed by atoms with Crippen molar-refractivity contribution in [3.63, 3.8) is 0 Å². The Hall–Kier alpha value is -3.57. The van der Waals surface area contributed by atoms with Crippen molar-refractivity contribution < 1.29 is 13.2 Å². The minimum Gasteiger partial charge on any atom is -0.495 e. The summed E-state index contributed by atoms with van der Waals surface area (Å²) in [7, 11) is -2.29. The van der Waals surface area contributed by atoms with E-state index < -0.39 is 10.0 Å². The summed E-state index contributed by atoms with van der Waals surface area (Å²) in [6.07, 6.45) is 3.78. The van der Waals surface area contributed by atoms with Gasteiger partial charge in [0.15, 0.2) is 11.5 Å². The molecule has 3 heterocycles. The second kappa shape index (κ2) is 9.06. The third-order valence-corrected chi connectivity index (χ3v) is 6.05. The van der Waals surface area contributed by atoms with Gasteiger partial charge in [0.1, 0.15) is 16.5 Å². The number of aromatic nitrogens is 5. The van der Waals surface area contributed by atoms with Crippen LogP contribution < -0.4 is 14.8 Å². The SMILES string of the molecule is COc1ccccc1S(=O)(=O)NCCc1nnc2ccc(NCc3ccncc3)nn12. The molecule has 0 unspecified atom stereocenters. The highest BCUT2D eigenvalue weighted by molar-refractivity contribution is 7.89. The number of pyridine rings is 1. The molecule has 0 aliphatic carbocycles. The molecule has 0 saturated heterocycles. The summed E-state index contributed by atoms with van der Waals surface area (Å²) in [5.74, 6) is 1.49. The van der Waals surface area contributed by atoms with Crippen molar-refractivity contribution in [2.75, 3.05) is 19.0 Å². The number of ether oxygens (including phenoxy) is 1. The fourth-order valence-corrected chi connectivity index (χ4v) is 4.19. The predicted molar refractivity (Wildman–Crippen MR) is 114 cm³/mol. The summed E-state index contributed by atoms with van der Waals surface area (Å²) in [6, 6.07) is 13.9. The van der Waals surface area contributed by atoms with Crippen molar-refractivity contribution in [3.05, 3.63) is 72.3 Å². The molecular formula is C20H21N7O3S. The topological polar surface area (TPSA) is 123 Å². The largest absolute Gasteiger partial charge is 0.495 e. The number of fused-ring (bicyclic) bond motifs is 1. The lowest BCUT2D eigenvalue weighted by molar-refractivity contribution is 0.402. The van der Waals surface area contributed by atoms with Crippen molar-refractivity contribution in [1.29, 1.82) is 0 Å². The van der Waals surface area contributed by atoms with E-state index in [1.807, 2.05) is 18.2 Å². The van der Waals surface area contributed by atoms with Crippen molar-refractivity contribution >= 4 is 21.5 Å². The number of anilines is 1. The molecule has 4 rings (SSSR count). The molecule has 2 N–H and O–H groups in total. The van der Waals surface area contributed by atoms with Crippen LogP contribution in [0.1, 0.15) is 11.4 Å². The van der Waals surface area contributed by atoms with E-state index in [9.17, 15) is 8.42 Å². The van der Waals surface area contributed by atoms with Crippen molar-refractivity contribution in [1.82, 2.24) is 29.5 Å². The number of para-hydroxylation sites is 1. The minimum atomic E-state index is -3.73. The van der Waals surface area contributed by atoms with Crippen LogP contribution in [0.3, 0.4) is 0 Å². The van der Waals surface area contributed by atoms with Gasteiger partial charge in [-0.15, -0.1) is 15.3 Å². The Bertz CT molecular complexity index is 1280. The van der Waals surface area contributed by atoms with E-state index in [1.54, 1.807) is 41.2 Å². The third kappa shape index (κ3) is 4.78. The van der Waals surface area contributed by atoms with Gasteiger partial charge in [-0.25, -0.2) is 13.1 Å². The molecule has 3 aromatic heterocycles. The Morgan fingerprint density at radius 3 is 2.65 bits per heavy atom. The van der Waals surface area contributed by atoms with Crippen LogP contribution in [-0.4, -0.2) is 46.9 Å². The predicted octanol–water partition coefficient (Wildman–Crippen LogP) is 1.66. The lowest BCUT2D eigenvalue weighted by Crippen LogP contribution is -2.27. The van der Waals surface area contributed by atoms with Gasteiger partial charge in [-0.2, -0.15) is 4.52 Å². The summed E-state index contributed by atoms with van der Waals surface area (Å²) < 4.78 is 34.6. The molecule has 0 bridgehead atoms. The van der Waals surface area contributed by atoms with Gasteiger partial charge < -0.3 is 10.1 Å². The Morgan fingerprint density at radius 2 is 1.84 bits per heavy atom. The quantitative estimate of drug-likeness (QED) is 0.404. The average Bonchev–Trinajstić information content (AvgIpc) is 3.20. The number of sulfonamides is 1. The number of methoxy groups -OCH3 is 1. The lowest BCUT2D eigenvalue weighted by atomic mass is 10.3. The number of rotatable bonds is 9. The van der Waals surface area contributed by atoms with Gasteiger partial charge in [-0.3, -0.25) is 4.98 Å². The van der Waals surface area contributed by atoms with Crippen molar-refractivity contribution in [2.45, 2.75) is 17.9 Å². The minimum absolute atomic E-state index is 0.0873. The van der Waals surface area contributed by atoms with Gasteiger partial charge in [0.05, 0.1) is 7.11 Å². The zero-order valence-corrected chi connectivity index (χ0v) is 17.6. The van der Waals surface area contributed by atoms with Crippen LogP contribution in [0.5, 0.6) is 5.75 Å². The highest BCUT2D eigenvalue weighted by Crippen LogP contribution is 2.22. The Balaban J connectivity index is 1.44. The fraction of sp³-hybridized carbons (Fsp3) is 0.200. The number of hydrogen-bond acceptors (Lipinski definition) is 8. The molecule has 160 valence electrons. The Kier molecular flexibility index (Phi) is 6.05. The zero-order chi connectivity index (χ0) is 21.7. The van der Waals surface area contributed by atoms with E-state index in [4.69, 9.17) is 4.74 Å². The van der Waals surface area contributed by atoms with E-state index in [0.717, 1.165) is 5.56 Å². The maximum Gasteiger partial charge on any atom is 0.244 e. The highest BCUT2D eigenvalue weighted by Gasteiger charge is 2.19. The molecular weight excluding hydrogens is 418 g/mol. The second-order valence-electron chi connectivity index (χ2n) is 6.61. The van der Waals surface area contributed by atoms with Crippen LogP contribution in [0.4, 0.5) is 5.82 Å². The first-order chi connectivity index (χ1) is 15.1. The van der Waals surface area contributed by atoms with Crippen LogP contribution in [0, 0.1) is 0 Å². The van der Waals surface area contributed by atoms with Gasteiger partial charge >= 0.3 is 0 Å². The lowest BCUT2D eigenvalue weighted by Gasteiger charge is -2.10. The molecule has 31 heavy (non-hydrogen) atoms. The standard InChI is InChI=1S/C20H21N7O3S/c1-30-16-4-2-3-5-17(16)31(28,29)23-13-10-20-25-24-19-7-6-18(26-27(19)20)22-14-15-8-11-21-12-9-15/h2-9,11-12,23H,10,13-14H2,1H3,(H,22,26). The first kappa shape index (κ1) is 20.7. The molecule has 0 radical (unpaired) electrons. The van der Waals surface area contributed by atoms with Crippen LogP contribution in [-0.2, 0) is 23.0 Å². The molecule has 4 aromatic rings. The number of benzene rings is 1. The molecule has 1 aromatic carbocycles. The summed E-state index contributed by atoms with van der Waals surface area (Å²) in [6.45, 7) is 0.731. The van der Waals surface area contributed by atoms with Gasteiger partial charge in [0, 0.05) is 31.9 Å². The van der Waals surface area contributed by atoms with Crippen LogP contribution in [0.15, 0.2) is 65.8 Å². The monoisotopic (exact) mass is 439 g/mol. The fourth-order valence-electron chi connectivity index (χ4n) is 2.99. The summed E-state index contributed by atoms with van der Waals surface area (Å²) in [4.78, 5) is 4.09. The molecule has 0 atom stereocenters. The first-order valence-corrected chi connectivity index (χ1v) is 11.0. The van der Waals surface area contributed by atoms with Gasteiger partial charge in [0.25, 0.3) is 0 Å². The van der Waals surface area contributed by atoms with E-state index in [0.29, 0.717) is 30.3 Å². The maximum atomic E-state index is 12.6. The molecule has 0 fully saturated rings.